The third kappa shape index (κ3) is 3.71. The Balaban J connectivity index is 1.84. The molecule has 1 atom stereocenters. The Hall–Kier alpha value is -3.12. The number of methoxy groups -OCH3 is 1. The molecule has 5 nitrogen and oxygen atoms in total. The SMILES string of the molecule is COc1ccc2c(c1)C(c1ccccc1)CN(S(=O)(=O)c1ccc(C)cc1)C(=O)C2. The molecule has 0 saturated heterocycles. The van der Waals surface area contributed by atoms with Crippen LogP contribution < -0.4 is 4.74 Å². The maximum Gasteiger partial charge on any atom is 0.266 e. The lowest BCUT2D eigenvalue weighted by Crippen LogP contribution is -2.39. The largest absolute Gasteiger partial charge is 0.497 e. The van der Waals surface area contributed by atoms with Crippen molar-refractivity contribution < 1.29 is 17.9 Å². The van der Waals surface area contributed by atoms with Crippen molar-refractivity contribution in [3.8, 4) is 5.75 Å². The van der Waals surface area contributed by atoms with Crippen LogP contribution in [0, 0.1) is 6.92 Å². The molecule has 0 spiro atoms. The van der Waals surface area contributed by atoms with Crippen molar-refractivity contribution in [1.29, 1.82) is 0 Å². The van der Waals surface area contributed by atoms with Crippen LogP contribution in [0.1, 0.15) is 28.2 Å². The Morgan fingerprint density at radius 3 is 2.33 bits per heavy atom. The van der Waals surface area contributed by atoms with Gasteiger partial charge in [-0.05, 0) is 47.9 Å². The number of amides is 1. The van der Waals surface area contributed by atoms with E-state index in [4.69, 9.17) is 4.74 Å². The van der Waals surface area contributed by atoms with Gasteiger partial charge in [0.2, 0.25) is 5.91 Å². The van der Waals surface area contributed by atoms with Crippen LogP contribution in [0.5, 0.6) is 5.75 Å². The molecule has 1 aliphatic rings. The minimum Gasteiger partial charge on any atom is -0.497 e. The van der Waals surface area contributed by atoms with Crippen LogP contribution in [0.2, 0.25) is 0 Å². The van der Waals surface area contributed by atoms with Crippen LogP contribution in [0.4, 0.5) is 0 Å². The smallest absolute Gasteiger partial charge is 0.266 e. The van der Waals surface area contributed by atoms with Crippen LogP contribution in [-0.4, -0.2) is 32.3 Å². The second-order valence-corrected chi connectivity index (χ2v) is 9.31. The lowest BCUT2D eigenvalue weighted by molar-refractivity contribution is -0.125. The highest BCUT2D eigenvalue weighted by Crippen LogP contribution is 2.35. The Labute approximate surface area is 177 Å². The summed E-state index contributed by atoms with van der Waals surface area (Å²) >= 11 is 0. The van der Waals surface area contributed by atoms with E-state index in [0.717, 1.165) is 26.6 Å². The number of hydrogen-bond acceptors (Lipinski definition) is 4. The predicted octanol–water partition coefficient (Wildman–Crippen LogP) is 3.91. The van der Waals surface area contributed by atoms with Crippen molar-refractivity contribution in [3.05, 3.63) is 95.1 Å². The fourth-order valence-electron chi connectivity index (χ4n) is 3.84. The maximum absolute atomic E-state index is 13.4. The Morgan fingerprint density at radius 1 is 0.967 bits per heavy atom. The third-order valence-corrected chi connectivity index (χ3v) is 7.31. The van der Waals surface area contributed by atoms with Crippen molar-refractivity contribution in [2.45, 2.75) is 24.2 Å². The van der Waals surface area contributed by atoms with Gasteiger partial charge < -0.3 is 4.74 Å². The van der Waals surface area contributed by atoms with E-state index in [1.54, 1.807) is 37.4 Å². The normalized spacial score (nSPS) is 16.7. The molecule has 6 heteroatoms. The quantitative estimate of drug-likeness (QED) is 0.641. The summed E-state index contributed by atoms with van der Waals surface area (Å²) in [4.78, 5) is 13.2. The number of aryl methyl sites for hydroxylation is 1. The van der Waals surface area contributed by atoms with E-state index in [0.29, 0.717) is 5.75 Å². The molecule has 1 amide bonds. The van der Waals surface area contributed by atoms with Crippen LogP contribution in [-0.2, 0) is 21.2 Å². The molecule has 3 aromatic carbocycles. The van der Waals surface area contributed by atoms with Gasteiger partial charge in [-0.15, -0.1) is 0 Å². The summed E-state index contributed by atoms with van der Waals surface area (Å²) in [6, 6.07) is 21.8. The maximum atomic E-state index is 13.4. The van der Waals surface area contributed by atoms with Gasteiger partial charge in [0.25, 0.3) is 10.0 Å². The first-order chi connectivity index (χ1) is 14.4. The molecule has 0 N–H and O–H groups in total. The molecule has 3 aromatic rings. The number of rotatable bonds is 4. The topological polar surface area (TPSA) is 63.7 Å². The number of sulfonamides is 1. The number of nitrogens with zero attached hydrogens (tertiary/aromatic N) is 1. The molecule has 4 rings (SSSR count). The van der Waals surface area contributed by atoms with Gasteiger partial charge in [-0.25, -0.2) is 12.7 Å². The van der Waals surface area contributed by atoms with E-state index in [1.807, 2.05) is 49.4 Å². The van der Waals surface area contributed by atoms with Crippen molar-refractivity contribution >= 4 is 15.9 Å². The van der Waals surface area contributed by atoms with Crippen LogP contribution >= 0.6 is 0 Å². The van der Waals surface area contributed by atoms with Gasteiger partial charge in [-0.1, -0.05) is 54.1 Å². The number of fused-ring (bicyclic) bond motifs is 1. The van der Waals surface area contributed by atoms with E-state index in [2.05, 4.69) is 0 Å². The molecule has 154 valence electrons. The predicted molar refractivity (Wildman–Crippen MR) is 115 cm³/mol. The molecule has 1 unspecified atom stereocenters. The van der Waals surface area contributed by atoms with Crippen LogP contribution in [0.3, 0.4) is 0 Å². The van der Waals surface area contributed by atoms with Gasteiger partial charge in [0, 0.05) is 12.5 Å². The molecular weight excluding hydrogens is 398 g/mol. The number of carbonyl (C=O) groups excluding carboxylic acids is 1. The van der Waals surface area contributed by atoms with Crippen molar-refractivity contribution in [2.24, 2.45) is 0 Å². The van der Waals surface area contributed by atoms with Gasteiger partial charge in [-0.3, -0.25) is 4.79 Å². The first kappa shape index (κ1) is 20.2. The molecule has 1 aliphatic heterocycles. The highest BCUT2D eigenvalue weighted by Gasteiger charge is 2.36. The zero-order valence-corrected chi connectivity index (χ0v) is 17.7. The first-order valence-electron chi connectivity index (χ1n) is 9.74. The van der Waals surface area contributed by atoms with Gasteiger partial charge in [-0.2, -0.15) is 0 Å². The first-order valence-corrected chi connectivity index (χ1v) is 11.2. The summed E-state index contributed by atoms with van der Waals surface area (Å²) in [5, 5.41) is 0. The molecule has 30 heavy (non-hydrogen) atoms. The zero-order chi connectivity index (χ0) is 21.3. The summed E-state index contributed by atoms with van der Waals surface area (Å²) in [5.41, 5.74) is 3.63. The summed E-state index contributed by atoms with van der Waals surface area (Å²) in [5.74, 6) is -0.0413. The number of benzene rings is 3. The lowest BCUT2D eigenvalue weighted by Gasteiger charge is -2.25. The lowest BCUT2D eigenvalue weighted by atomic mass is 9.88. The number of carbonyl (C=O) groups is 1. The van der Waals surface area contributed by atoms with Crippen LogP contribution in [0.15, 0.2) is 77.7 Å². The Bertz CT molecular complexity index is 1170. The molecule has 1 heterocycles. The average molecular weight is 422 g/mol. The third-order valence-electron chi connectivity index (χ3n) is 5.51. The Kier molecular flexibility index (Phi) is 5.35. The summed E-state index contributed by atoms with van der Waals surface area (Å²) < 4.78 is 33.2. The van der Waals surface area contributed by atoms with Gasteiger partial charge in [0.05, 0.1) is 18.4 Å². The number of ether oxygens (including phenoxy) is 1. The van der Waals surface area contributed by atoms with Crippen molar-refractivity contribution in [1.82, 2.24) is 4.31 Å². The second kappa shape index (κ2) is 7.95. The summed E-state index contributed by atoms with van der Waals surface area (Å²) in [6.45, 7) is 1.93. The van der Waals surface area contributed by atoms with E-state index in [1.165, 1.54) is 0 Å². The van der Waals surface area contributed by atoms with Gasteiger partial charge >= 0.3 is 0 Å². The molecular formula is C24H23NO4S. The van der Waals surface area contributed by atoms with E-state index < -0.39 is 15.9 Å². The summed E-state index contributed by atoms with van der Waals surface area (Å²) in [6.07, 6.45) is 0.0216. The van der Waals surface area contributed by atoms with Gasteiger partial charge in [0.15, 0.2) is 0 Å². The molecule has 0 aromatic heterocycles. The fraction of sp³-hybridized carbons (Fsp3) is 0.208. The molecule has 0 fully saturated rings. The van der Waals surface area contributed by atoms with Crippen molar-refractivity contribution in [3.63, 3.8) is 0 Å². The second-order valence-electron chi connectivity index (χ2n) is 7.45. The van der Waals surface area contributed by atoms with Crippen LogP contribution in [0.25, 0.3) is 0 Å². The fourth-order valence-corrected chi connectivity index (χ4v) is 5.25. The van der Waals surface area contributed by atoms with Crippen molar-refractivity contribution in [2.75, 3.05) is 13.7 Å². The monoisotopic (exact) mass is 421 g/mol. The molecule has 0 bridgehead atoms. The minimum atomic E-state index is -3.97. The molecule has 0 saturated carbocycles. The summed E-state index contributed by atoms with van der Waals surface area (Å²) in [7, 11) is -2.38. The molecule has 0 aliphatic carbocycles. The number of hydrogen-bond donors (Lipinski definition) is 0. The zero-order valence-electron chi connectivity index (χ0n) is 16.9. The van der Waals surface area contributed by atoms with E-state index >= 15 is 0 Å². The molecule has 0 radical (unpaired) electrons. The van der Waals surface area contributed by atoms with E-state index in [9.17, 15) is 13.2 Å². The minimum absolute atomic E-state index is 0.0216. The van der Waals surface area contributed by atoms with E-state index in [-0.39, 0.29) is 23.8 Å². The standard InChI is InChI=1S/C24H23NO4S/c1-17-8-12-21(13-9-17)30(27,28)25-16-23(18-6-4-3-5-7-18)22-15-20(29-2)11-10-19(22)14-24(25)26/h3-13,15,23H,14,16H2,1-2H3. The highest BCUT2D eigenvalue weighted by atomic mass is 32.2. The average Bonchev–Trinajstić information content (AvgIpc) is 2.90. The Morgan fingerprint density at radius 2 is 1.67 bits per heavy atom. The highest BCUT2D eigenvalue weighted by molar-refractivity contribution is 7.89. The van der Waals surface area contributed by atoms with Gasteiger partial charge in [0.1, 0.15) is 5.75 Å².